The molecule has 1 aliphatic rings. The van der Waals surface area contributed by atoms with Crippen molar-refractivity contribution >= 4 is 29.9 Å². The third-order valence-corrected chi connectivity index (χ3v) is 5.03. The number of oxazole rings is 1. The standard InChI is InChI=1S/C22H32N4O2.HI/c1-22(2,3)18-14-24-19(28-18)15-26-21(23-4)25-13-17-11-8-12-27-20(17)16-9-6-5-7-10-16;/h5-7,9-10,14,17,20H,8,11-13,15H2,1-4H3,(H2,23,25,26);1H. The van der Waals surface area contributed by atoms with Crippen molar-refractivity contribution in [3.05, 3.63) is 53.7 Å². The zero-order chi connectivity index (χ0) is 20.0. The van der Waals surface area contributed by atoms with Crippen LogP contribution in [-0.4, -0.2) is 31.1 Å². The van der Waals surface area contributed by atoms with Gasteiger partial charge in [-0.25, -0.2) is 4.98 Å². The average molecular weight is 512 g/mol. The van der Waals surface area contributed by atoms with Crippen molar-refractivity contribution in [2.45, 2.75) is 51.7 Å². The van der Waals surface area contributed by atoms with Crippen molar-refractivity contribution in [3.63, 3.8) is 0 Å². The molecule has 1 aromatic carbocycles. The smallest absolute Gasteiger partial charge is 0.213 e. The Morgan fingerprint density at radius 2 is 1.97 bits per heavy atom. The molecule has 2 aromatic rings. The lowest BCUT2D eigenvalue weighted by Gasteiger charge is -2.32. The number of ether oxygens (including phenoxy) is 1. The van der Waals surface area contributed by atoms with Crippen LogP contribution in [0.25, 0.3) is 0 Å². The molecule has 0 amide bonds. The Hall–Kier alpha value is -1.61. The molecular weight excluding hydrogens is 479 g/mol. The monoisotopic (exact) mass is 512 g/mol. The molecule has 6 nitrogen and oxygen atoms in total. The van der Waals surface area contributed by atoms with Crippen LogP contribution in [0.3, 0.4) is 0 Å². The first-order valence-corrected chi connectivity index (χ1v) is 10.0. The van der Waals surface area contributed by atoms with Crippen LogP contribution in [0.15, 0.2) is 45.9 Å². The van der Waals surface area contributed by atoms with E-state index in [9.17, 15) is 0 Å². The predicted molar refractivity (Wildman–Crippen MR) is 127 cm³/mol. The number of aromatic nitrogens is 1. The fourth-order valence-electron chi connectivity index (χ4n) is 3.41. The van der Waals surface area contributed by atoms with Crippen molar-refractivity contribution in [2.75, 3.05) is 20.2 Å². The molecule has 2 atom stereocenters. The molecule has 2 unspecified atom stereocenters. The minimum atomic E-state index is -0.0430. The van der Waals surface area contributed by atoms with E-state index in [1.165, 1.54) is 5.56 Å². The van der Waals surface area contributed by atoms with Gasteiger partial charge in [-0.2, -0.15) is 0 Å². The van der Waals surface area contributed by atoms with Gasteiger partial charge in [-0.1, -0.05) is 51.1 Å². The molecule has 1 fully saturated rings. The predicted octanol–water partition coefficient (Wildman–Crippen LogP) is 4.42. The molecule has 0 aliphatic carbocycles. The zero-order valence-corrected chi connectivity index (χ0v) is 20.1. The average Bonchev–Trinajstić information content (AvgIpc) is 3.19. The molecule has 0 radical (unpaired) electrons. The number of hydrogen-bond donors (Lipinski definition) is 2. The van der Waals surface area contributed by atoms with Gasteiger partial charge in [0.15, 0.2) is 5.96 Å². The summed E-state index contributed by atoms with van der Waals surface area (Å²) in [6.07, 6.45) is 4.16. The van der Waals surface area contributed by atoms with E-state index in [1.54, 1.807) is 13.2 Å². The summed E-state index contributed by atoms with van der Waals surface area (Å²) in [4.78, 5) is 8.68. The lowest BCUT2D eigenvalue weighted by Crippen LogP contribution is -2.41. The summed E-state index contributed by atoms with van der Waals surface area (Å²) in [5.41, 5.74) is 1.20. The van der Waals surface area contributed by atoms with Gasteiger partial charge in [-0.3, -0.25) is 4.99 Å². The van der Waals surface area contributed by atoms with Crippen molar-refractivity contribution in [3.8, 4) is 0 Å². The van der Waals surface area contributed by atoms with Crippen LogP contribution in [0.2, 0.25) is 0 Å². The topological polar surface area (TPSA) is 71.7 Å². The van der Waals surface area contributed by atoms with Crippen LogP contribution in [-0.2, 0) is 16.7 Å². The Kier molecular flexibility index (Phi) is 8.95. The second-order valence-corrected chi connectivity index (χ2v) is 8.28. The summed E-state index contributed by atoms with van der Waals surface area (Å²) in [6, 6.07) is 10.5. The first kappa shape index (κ1) is 23.7. The van der Waals surface area contributed by atoms with Gasteiger partial charge < -0.3 is 19.8 Å². The third kappa shape index (κ3) is 6.70. The van der Waals surface area contributed by atoms with Crippen LogP contribution < -0.4 is 10.6 Å². The molecule has 160 valence electrons. The largest absolute Gasteiger partial charge is 0.443 e. The second kappa shape index (κ2) is 11.0. The number of halogens is 1. The molecule has 29 heavy (non-hydrogen) atoms. The lowest BCUT2D eigenvalue weighted by molar-refractivity contribution is -0.0265. The van der Waals surface area contributed by atoms with Crippen molar-refractivity contribution in [2.24, 2.45) is 10.9 Å². The quantitative estimate of drug-likeness (QED) is 0.353. The summed E-state index contributed by atoms with van der Waals surface area (Å²) in [5, 5.41) is 6.72. The number of rotatable bonds is 5. The van der Waals surface area contributed by atoms with E-state index in [0.717, 1.165) is 37.7 Å². The van der Waals surface area contributed by atoms with E-state index in [2.05, 4.69) is 65.6 Å². The maximum Gasteiger partial charge on any atom is 0.213 e. The highest BCUT2D eigenvalue weighted by Crippen LogP contribution is 2.33. The maximum atomic E-state index is 6.08. The molecule has 3 rings (SSSR count). The normalized spacial score (nSPS) is 20.1. The third-order valence-electron chi connectivity index (χ3n) is 5.03. The summed E-state index contributed by atoms with van der Waals surface area (Å²) in [7, 11) is 1.78. The number of nitrogens with one attached hydrogen (secondary N) is 2. The molecule has 1 saturated heterocycles. The highest BCUT2D eigenvalue weighted by Gasteiger charge is 2.27. The van der Waals surface area contributed by atoms with Gasteiger partial charge in [0.2, 0.25) is 5.89 Å². The maximum absolute atomic E-state index is 6.08. The number of benzene rings is 1. The van der Waals surface area contributed by atoms with Crippen LogP contribution in [0.5, 0.6) is 0 Å². The van der Waals surface area contributed by atoms with E-state index in [1.807, 2.05) is 6.07 Å². The fraction of sp³-hybridized carbons (Fsp3) is 0.545. The van der Waals surface area contributed by atoms with Gasteiger partial charge >= 0.3 is 0 Å². The Bertz CT molecular complexity index is 771. The summed E-state index contributed by atoms with van der Waals surface area (Å²) < 4.78 is 11.9. The van der Waals surface area contributed by atoms with Gasteiger partial charge in [-0.05, 0) is 18.4 Å². The molecule has 1 aromatic heterocycles. The van der Waals surface area contributed by atoms with E-state index in [-0.39, 0.29) is 35.5 Å². The van der Waals surface area contributed by atoms with Crippen molar-refractivity contribution < 1.29 is 9.15 Å². The van der Waals surface area contributed by atoms with Gasteiger partial charge in [0.05, 0.1) is 18.8 Å². The van der Waals surface area contributed by atoms with Gasteiger partial charge in [0.1, 0.15) is 5.76 Å². The van der Waals surface area contributed by atoms with Crippen LogP contribution in [0, 0.1) is 5.92 Å². The molecule has 2 heterocycles. The molecule has 7 heteroatoms. The Morgan fingerprint density at radius 1 is 1.21 bits per heavy atom. The van der Waals surface area contributed by atoms with E-state index < -0.39 is 0 Å². The van der Waals surface area contributed by atoms with Crippen molar-refractivity contribution in [1.29, 1.82) is 0 Å². The fourth-order valence-corrected chi connectivity index (χ4v) is 3.41. The highest BCUT2D eigenvalue weighted by molar-refractivity contribution is 14.0. The van der Waals surface area contributed by atoms with Gasteiger partial charge in [0, 0.05) is 31.5 Å². The first-order chi connectivity index (χ1) is 13.5. The van der Waals surface area contributed by atoms with Crippen LogP contribution >= 0.6 is 24.0 Å². The lowest BCUT2D eigenvalue weighted by atomic mass is 9.89. The SMILES string of the molecule is CN=C(NCc1ncc(C(C)(C)C)o1)NCC1CCCOC1c1ccccc1.I. The molecule has 0 saturated carbocycles. The number of nitrogens with zero attached hydrogens (tertiary/aromatic N) is 2. The van der Waals surface area contributed by atoms with E-state index in [0.29, 0.717) is 18.4 Å². The number of aliphatic imine (C=N–C) groups is 1. The molecular formula is C22H33IN4O2. The van der Waals surface area contributed by atoms with E-state index in [4.69, 9.17) is 9.15 Å². The summed E-state index contributed by atoms with van der Waals surface area (Å²) in [6.45, 7) is 8.46. The van der Waals surface area contributed by atoms with Crippen LogP contribution in [0.4, 0.5) is 0 Å². The minimum Gasteiger partial charge on any atom is -0.443 e. The molecule has 0 bridgehead atoms. The Morgan fingerprint density at radius 3 is 2.62 bits per heavy atom. The summed E-state index contributed by atoms with van der Waals surface area (Å²) in [5.74, 6) is 2.70. The van der Waals surface area contributed by atoms with E-state index >= 15 is 0 Å². The second-order valence-electron chi connectivity index (χ2n) is 8.28. The molecule has 1 aliphatic heterocycles. The molecule has 0 spiro atoms. The zero-order valence-electron chi connectivity index (χ0n) is 17.8. The highest BCUT2D eigenvalue weighted by atomic mass is 127. The van der Waals surface area contributed by atoms with Gasteiger partial charge in [0.25, 0.3) is 0 Å². The van der Waals surface area contributed by atoms with Gasteiger partial charge in [-0.15, -0.1) is 24.0 Å². The van der Waals surface area contributed by atoms with Crippen LogP contribution in [0.1, 0.15) is 56.9 Å². The summed E-state index contributed by atoms with van der Waals surface area (Å²) >= 11 is 0. The van der Waals surface area contributed by atoms with Crippen molar-refractivity contribution in [1.82, 2.24) is 15.6 Å². The Labute approximate surface area is 190 Å². The first-order valence-electron chi connectivity index (χ1n) is 10.0. The molecule has 2 N–H and O–H groups in total. The minimum absolute atomic E-state index is 0. The number of guanidine groups is 1. The number of hydrogen-bond acceptors (Lipinski definition) is 4. The Balaban J connectivity index is 0.00000300.